The van der Waals surface area contributed by atoms with Crippen molar-refractivity contribution in [2.75, 3.05) is 0 Å². The number of hydrogen-bond acceptors (Lipinski definition) is 7. The summed E-state index contributed by atoms with van der Waals surface area (Å²) in [4.78, 5) is 20.6. The fraction of sp³-hybridized carbons (Fsp3) is 0.533. The van der Waals surface area contributed by atoms with Gasteiger partial charge in [0.15, 0.2) is 0 Å². The van der Waals surface area contributed by atoms with Crippen molar-refractivity contribution in [2.24, 2.45) is 0 Å². The molecule has 7 heteroatoms. The number of nitrogens with zero attached hydrogens (tertiary/aromatic N) is 2. The Balaban J connectivity index is 2.05. The number of rotatable bonds is 3. The first-order valence-electron chi connectivity index (χ1n) is 7.02. The first-order chi connectivity index (χ1) is 10.3. The van der Waals surface area contributed by atoms with Crippen LogP contribution in [0.4, 0.5) is 0 Å². The van der Waals surface area contributed by atoms with E-state index in [4.69, 9.17) is 4.74 Å². The number of aliphatic hydroxyl groups excluding tert-OH is 3. The van der Waals surface area contributed by atoms with Gasteiger partial charge in [-0.15, -0.1) is 0 Å². The second-order valence-electron chi connectivity index (χ2n) is 5.45. The normalized spacial score (nSPS) is 24.8. The summed E-state index contributed by atoms with van der Waals surface area (Å²) < 4.78 is 5.16. The highest BCUT2D eigenvalue weighted by Gasteiger charge is 2.32. The predicted octanol–water partition coefficient (Wildman–Crippen LogP) is -0.142. The molecule has 2 rings (SSSR count). The van der Waals surface area contributed by atoms with Crippen molar-refractivity contribution in [1.29, 1.82) is 0 Å². The molecule has 1 heterocycles. The highest BCUT2D eigenvalue weighted by Crippen LogP contribution is 2.21. The monoisotopic (exact) mass is 308 g/mol. The van der Waals surface area contributed by atoms with Crippen LogP contribution in [0, 0.1) is 20.8 Å². The van der Waals surface area contributed by atoms with E-state index in [1.54, 1.807) is 6.92 Å². The van der Waals surface area contributed by atoms with Crippen LogP contribution in [0.5, 0.6) is 0 Å². The van der Waals surface area contributed by atoms with Crippen LogP contribution in [0.25, 0.3) is 0 Å². The van der Waals surface area contributed by atoms with E-state index in [2.05, 4.69) is 9.97 Å². The van der Waals surface area contributed by atoms with E-state index in [0.29, 0.717) is 11.4 Å². The van der Waals surface area contributed by atoms with Crippen molar-refractivity contribution in [3.8, 4) is 0 Å². The molecule has 0 amide bonds. The third-order valence-electron chi connectivity index (χ3n) is 3.73. The number of carbonyl (C=O) groups is 1. The molecule has 3 N–H and O–H groups in total. The molecule has 7 nitrogen and oxygen atoms in total. The maximum atomic E-state index is 12.0. The molecule has 1 aliphatic rings. The molecule has 0 saturated carbocycles. The minimum absolute atomic E-state index is 0.0368. The summed E-state index contributed by atoms with van der Waals surface area (Å²) in [5, 5.41) is 28.6. The molecule has 120 valence electrons. The molecule has 3 atom stereocenters. The van der Waals surface area contributed by atoms with Crippen molar-refractivity contribution in [2.45, 2.75) is 52.1 Å². The van der Waals surface area contributed by atoms with Gasteiger partial charge in [-0.05, 0) is 26.8 Å². The van der Waals surface area contributed by atoms with Crippen LogP contribution in [0.3, 0.4) is 0 Å². The van der Waals surface area contributed by atoms with Crippen LogP contribution in [0.2, 0.25) is 0 Å². The molecule has 0 aromatic carbocycles. The quantitative estimate of drug-likeness (QED) is 0.666. The van der Waals surface area contributed by atoms with Crippen LogP contribution < -0.4 is 0 Å². The van der Waals surface area contributed by atoms with Gasteiger partial charge in [0, 0.05) is 12.0 Å². The van der Waals surface area contributed by atoms with Crippen LogP contribution in [-0.2, 0) is 16.1 Å². The summed E-state index contributed by atoms with van der Waals surface area (Å²) in [5.41, 5.74) is 2.98. The summed E-state index contributed by atoms with van der Waals surface area (Å²) in [7, 11) is 0. The molecule has 1 aliphatic carbocycles. The van der Waals surface area contributed by atoms with Crippen molar-refractivity contribution in [3.63, 3.8) is 0 Å². The standard InChI is InChI=1S/C15H20N2O5/c1-7-8(2)17-11(9(3)16-7)6-22-15(21)10-4-12(18)14(20)13(19)5-10/h4,12-14,18-20H,5-6H2,1-3H3. The molecular weight excluding hydrogens is 288 g/mol. The number of aliphatic hydroxyl groups is 3. The van der Waals surface area contributed by atoms with E-state index in [0.717, 1.165) is 11.4 Å². The summed E-state index contributed by atoms with van der Waals surface area (Å²) in [6.07, 6.45) is -2.61. The van der Waals surface area contributed by atoms with Gasteiger partial charge in [0.1, 0.15) is 18.8 Å². The molecule has 1 aromatic rings. The molecule has 0 bridgehead atoms. The Labute approximate surface area is 128 Å². The van der Waals surface area contributed by atoms with E-state index in [9.17, 15) is 20.1 Å². The van der Waals surface area contributed by atoms with Gasteiger partial charge in [0.25, 0.3) is 0 Å². The first-order valence-corrected chi connectivity index (χ1v) is 7.02. The van der Waals surface area contributed by atoms with Gasteiger partial charge in [-0.2, -0.15) is 0 Å². The molecule has 0 aliphatic heterocycles. The largest absolute Gasteiger partial charge is 0.456 e. The highest BCUT2D eigenvalue weighted by atomic mass is 16.5. The van der Waals surface area contributed by atoms with Gasteiger partial charge in [-0.3, -0.25) is 9.97 Å². The lowest BCUT2D eigenvalue weighted by Gasteiger charge is -2.26. The Morgan fingerprint density at radius 1 is 1.18 bits per heavy atom. The lowest BCUT2D eigenvalue weighted by atomic mass is 9.92. The minimum Gasteiger partial charge on any atom is -0.456 e. The number of aryl methyl sites for hydroxylation is 3. The smallest absolute Gasteiger partial charge is 0.334 e. The Bertz CT molecular complexity index is 614. The maximum absolute atomic E-state index is 12.0. The molecule has 0 fully saturated rings. The number of aromatic nitrogens is 2. The molecule has 1 aromatic heterocycles. The highest BCUT2D eigenvalue weighted by molar-refractivity contribution is 5.88. The molecule has 0 radical (unpaired) electrons. The van der Waals surface area contributed by atoms with Crippen LogP contribution in [-0.4, -0.2) is 49.6 Å². The van der Waals surface area contributed by atoms with E-state index < -0.39 is 24.3 Å². The SMILES string of the molecule is Cc1nc(C)c(COC(=O)C2=CC(O)C(O)C(O)C2)nc1C. The summed E-state index contributed by atoms with van der Waals surface area (Å²) >= 11 is 0. The number of ether oxygens (including phenoxy) is 1. The minimum atomic E-state index is -1.29. The lowest BCUT2D eigenvalue weighted by Crippen LogP contribution is -2.41. The van der Waals surface area contributed by atoms with Gasteiger partial charge < -0.3 is 20.1 Å². The zero-order valence-electron chi connectivity index (χ0n) is 12.8. The molecule has 3 unspecified atom stereocenters. The second kappa shape index (κ2) is 6.51. The maximum Gasteiger partial charge on any atom is 0.334 e. The van der Waals surface area contributed by atoms with Gasteiger partial charge in [0.05, 0.1) is 28.9 Å². The van der Waals surface area contributed by atoms with Crippen molar-refractivity contribution >= 4 is 5.97 Å². The van der Waals surface area contributed by atoms with E-state index in [-0.39, 0.29) is 18.6 Å². The van der Waals surface area contributed by atoms with Gasteiger partial charge in [0.2, 0.25) is 0 Å². The van der Waals surface area contributed by atoms with E-state index in [1.165, 1.54) is 6.08 Å². The lowest BCUT2D eigenvalue weighted by molar-refractivity contribution is -0.142. The van der Waals surface area contributed by atoms with Gasteiger partial charge >= 0.3 is 5.97 Å². The van der Waals surface area contributed by atoms with Crippen molar-refractivity contribution in [1.82, 2.24) is 9.97 Å². The average Bonchev–Trinajstić information content (AvgIpc) is 2.46. The van der Waals surface area contributed by atoms with Gasteiger partial charge in [-0.1, -0.05) is 0 Å². The van der Waals surface area contributed by atoms with E-state index >= 15 is 0 Å². The van der Waals surface area contributed by atoms with Crippen LogP contribution in [0.1, 0.15) is 29.2 Å². The Kier molecular flexibility index (Phi) is 4.90. The second-order valence-corrected chi connectivity index (χ2v) is 5.45. The number of hydrogen-bond donors (Lipinski definition) is 3. The zero-order valence-corrected chi connectivity index (χ0v) is 12.8. The molecule has 0 saturated heterocycles. The third-order valence-corrected chi connectivity index (χ3v) is 3.73. The predicted molar refractivity (Wildman–Crippen MR) is 76.8 cm³/mol. The summed E-state index contributed by atoms with van der Waals surface area (Å²) in [6.45, 7) is 5.42. The topological polar surface area (TPSA) is 113 Å². The zero-order chi connectivity index (χ0) is 16.4. The van der Waals surface area contributed by atoms with E-state index in [1.807, 2.05) is 13.8 Å². The molecular formula is C15H20N2O5. The van der Waals surface area contributed by atoms with Crippen LogP contribution in [0.15, 0.2) is 11.6 Å². The number of esters is 1. The fourth-order valence-electron chi connectivity index (χ4n) is 2.22. The summed E-state index contributed by atoms with van der Waals surface area (Å²) in [6, 6.07) is 0. The van der Waals surface area contributed by atoms with Crippen LogP contribution >= 0.6 is 0 Å². The van der Waals surface area contributed by atoms with Crippen molar-refractivity contribution in [3.05, 3.63) is 34.4 Å². The Hall–Kier alpha value is -1.83. The Morgan fingerprint density at radius 3 is 2.45 bits per heavy atom. The van der Waals surface area contributed by atoms with Gasteiger partial charge in [-0.25, -0.2) is 4.79 Å². The third kappa shape index (κ3) is 3.49. The number of carbonyl (C=O) groups excluding carboxylic acids is 1. The van der Waals surface area contributed by atoms with Crippen molar-refractivity contribution < 1.29 is 24.9 Å². The average molecular weight is 308 g/mol. The molecule has 0 spiro atoms. The first kappa shape index (κ1) is 16.5. The fourth-order valence-corrected chi connectivity index (χ4v) is 2.22. The Morgan fingerprint density at radius 2 is 1.82 bits per heavy atom. The summed E-state index contributed by atoms with van der Waals surface area (Å²) in [5.74, 6) is -0.649. The molecule has 22 heavy (non-hydrogen) atoms.